The van der Waals surface area contributed by atoms with E-state index in [2.05, 4.69) is 17.3 Å². The van der Waals surface area contributed by atoms with E-state index in [9.17, 15) is 0 Å². The van der Waals surface area contributed by atoms with Gasteiger partial charge >= 0.3 is 0 Å². The minimum absolute atomic E-state index is 0.114. The highest BCUT2D eigenvalue weighted by Crippen LogP contribution is 2.27. The maximum atomic E-state index is 5.79. The van der Waals surface area contributed by atoms with E-state index in [1.165, 1.54) is 0 Å². The third kappa shape index (κ3) is 2.54. The molecule has 0 saturated carbocycles. The molecule has 1 atom stereocenters. The Morgan fingerprint density at radius 1 is 1.56 bits per heavy atom. The zero-order valence-corrected chi connectivity index (χ0v) is 10.6. The molecule has 16 heavy (non-hydrogen) atoms. The standard InChI is InChI=1S/C11H22N4O/c1-5-6-13-9(7-12)10-8(2)14-15(3)11(10)16-4/h9,13H,5-7,12H2,1-4H3. The van der Waals surface area contributed by atoms with Gasteiger partial charge in [-0.15, -0.1) is 0 Å². The van der Waals surface area contributed by atoms with Crippen LogP contribution in [0.5, 0.6) is 5.88 Å². The maximum Gasteiger partial charge on any atom is 0.216 e. The molecule has 5 nitrogen and oxygen atoms in total. The number of aromatic nitrogens is 2. The lowest BCUT2D eigenvalue weighted by Gasteiger charge is -2.17. The number of methoxy groups -OCH3 is 1. The van der Waals surface area contributed by atoms with Crippen LogP contribution in [0.3, 0.4) is 0 Å². The molecule has 3 N–H and O–H groups in total. The van der Waals surface area contributed by atoms with Crippen molar-refractivity contribution in [1.82, 2.24) is 15.1 Å². The number of nitrogens with two attached hydrogens (primary N) is 1. The zero-order valence-electron chi connectivity index (χ0n) is 10.6. The van der Waals surface area contributed by atoms with Gasteiger partial charge in [0, 0.05) is 13.6 Å². The number of hydrogen-bond acceptors (Lipinski definition) is 4. The van der Waals surface area contributed by atoms with Gasteiger partial charge in [0.15, 0.2) is 0 Å². The number of aryl methyl sites for hydroxylation is 2. The molecule has 0 aromatic carbocycles. The Bertz CT molecular complexity index is 335. The largest absolute Gasteiger partial charge is 0.481 e. The van der Waals surface area contributed by atoms with Gasteiger partial charge in [-0.3, -0.25) is 0 Å². The second kappa shape index (κ2) is 5.86. The zero-order chi connectivity index (χ0) is 12.1. The normalized spacial score (nSPS) is 12.8. The van der Waals surface area contributed by atoms with E-state index < -0.39 is 0 Å². The minimum atomic E-state index is 0.114. The van der Waals surface area contributed by atoms with Gasteiger partial charge in [0.1, 0.15) is 0 Å². The van der Waals surface area contributed by atoms with Crippen molar-refractivity contribution in [3.63, 3.8) is 0 Å². The van der Waals surface area contributed by atoms with E-state index in [1.54, 1.807) is 11.8 Å². The van der Waals surface area contributed by atoms with Crippen molar-refractivity contribution >= 4 is 0 Å². The van der Waals surface area contributed by atoms with Crippen LogP contribution in [0.15, 0.2) is 0 Å². The van der Waals surface area contributed by atoms with Crippen molar-refractivity contribution in [2.45, 2.75) is 26.3 Å². The summed E-state index contributed by atoms with van der Waals surface area (Å²) in [6, 6.07) is 0.114. The number of rotatable bonds is 6. The number of ether oxygens (including phenoxy) is 1. The van der Waals surface area contributed by atoms with E-state index in [1.807, 2.05) is 14.0 Å². The summed E-state index contributed by atoms with van der Waals surface area (Å²) < 4.78 is 7.12. The van der Waals surface area contributed by atoms with E-state index in [4.69, 9.17) is 10.5 Å². The van der Waals surface area contributed by atoms with Crippen LogP contribution in [-0.4, -0.2) is 30.0 Å². The van der Waals surface area contributed by atoms with Gasteiger partial charge < -0.3 is 15.8 Å². The molecule has 1 heterocycles. The summed E-state index contributed by atoms with van der Waals surface area (Å²) in [5.41, 5.74) is 7.83. The monoisotopic (exact) mass is 226 g/mol. The summed E-state index contributed by atoms with van der Waals surface area (Å²) in [7, 11) is 3.54. The fraction of sp³-hybridized carbons (Fsp3) is 0.727. The lowest BCUT2D eigenvalue weighted by molar-refractivity contribution is 0.362. The van der Waals surface area contributed by atoms with Gasteiger partial charge in [-0.05, 0) is 19.9 Å². The average molecular weight is 226 g/mol. The number of nitrogens with one attached hydrogen (secondary N) is 1. The molecule has 1 aromatic heterocycles. The highest BCUT2D eigenvalue weighted by Gasteiger charge is 2.21. The minimum Gasteiger partial charge on any atom is -0.481 e. The molecule has 1 unspecified atom stereocenters. The summed E-state index contributed by atoms with van der Waals surface area (Å²) in [5, 5.41) is 7.76. The Labute approximate surface area is 97.0 Å². The van der Waals surface area contributed by atoms with Crippen molar-refractivity contribution in [1.29, 1.82) is 0 Å². The van der Waals surface area contributed by atoms with E-state index in [-0.39, 0.29) is 6.04 Å². The first-order chi connectivity index (χ1) is 7.65. The van der Waals surface area contributed by atoms with Crippen LogP contribution in [-0.2, 0) is 7.05 Å². The fourth-order valence-corrected chi connectivity index (χ4v) is 1.92. The van der Waals surface area contributed by atoms with Gasteiger partial charge in [0.25, 0.3) is 0 Å². The van der Waals surface area contributed by atoms with E-state index in [0.29, 0.717) is 6.54 Å². The van der Waals surface area contributed by atoms with Crippen LogP contribution in [0.1, 0.15) is 30.6 Å². The molecule has 0 bridgehead atoms. The molecule has 5 heteroatoms. The molecule has 0 aliphatic carbocycles. The lowest BCUT2D eigenvalue weighted by atomic mass is 10.1. The van der Waals surface area contributed by atoms with Gasteiger partial charge in [-0.25, -0.2) is 4.68 Å². The molecule has 1 rings (SSSR count). The SMILES string of the molecule is CCCNC(CN)c1c(C)nn(C)c1OC. The average Bonchev–Trinajstić information content (AvgIpc) is 2.55. The molecule has 0 aliphatic rings. The summed E-state index contributed by atoms with van der Waals surface area (Å²) in [5.74, 6) is 0.788. The van der Waals surface area contributed by atoms with Crippen LogP contribution < -0.4 is 15.8 Å². The topological polar surface area (TPSA) is 65.1 Å². The van der Waals surface area contributed by atoms with Gasteiger partial charge in [-0.1, -0.05) is 6.92 Å². The third-order valence-corrected chi connectivity index (χ3v) is 2.63. The Morgan fingerprint density at radius 3 is 2.75 bits per heavy atom. The van der Waals surface area contributed by atoms with E-state index in [0.717, 1.165) is 30.1 Å². The Morgan fingerprint density at radius 2 is 2.25 bits per heavy atom. The molecular formula is C11H22N4O. The third-order valence-electron chi connectivity index (χ3n) is 2.63. The summed E-state index contributed by atoms with van der Waals surface area (Å²) in [4.78, 5) is 0. The first-order valence-corrected chi connectivity index (χ1v) is 5.66. The van der Waals surface area contributed by atoms with Crippen molar-refractivity contribution < 1.29 is 4.74 Å². The van der Waals surface area contributed by atoms with Crippen molar-refractivity contribution in [2.75, 3.05) is 20.2 Å². The Balaban J connectivity index is 2.98. The highest BCUT2D eigenvalue weighted by molar-refractivity contribution is 5.34. The van der Waals surface area contributed by atoms with Crippen molar-refractivity contribution in [3.8, 4) is 5.88 Å². The molecule has 0 radical (unpaired) electrons. The van der Waals surface area contributed by atoms with E-state index >= 15 is 0 Å². The summed E-state index contributed by atoms with van der Waals surface area (Å²) >= 11 is 0. The predicted octanol–water partition coefficient (Wildman–Crippen LogP) is 0.737. The molecular weight excluding hydrogens is 204 g/mol. The van der Waals surface area contributed by atoms with Gasteiger partial charge in [0.05, 0.1) is 24.4 Å². The molecule has 0 spiro atoms. The lowest BCUT2D eigenvalue weighted by Crippen LogP contribution is -2.29. The van der Waals surface area contributed by atoms with Crippen molar-refractivity contribution in [2.24, 2.45) is 12.8 Å². The summed E-state index contributed by atoms with van der Waals surface area (Å²) in [6.45, 7) is 5.60. The van der Waals surface area contributed by atoms with Crippen LogP contribution >= 0.6 is 0 Å². The number of hydrogen-bond donors (Lipinski definition) is 2. The molecule has 0 saturated heterocycles. The molecule has 92 valence electrons. The Kier molecular flexibility index (Phi) is 4.76. The first-order valence-electron chi connectivity index (χ1n) is 5.66. The van der Waals surface area contributed by atoms with Gasteiger partial charge in [-0.2, -0.15) is 5.10 Å². The molecule has 0 amide bonds. The molecule has 1 aromatic rings. The second-order valence-electron chi connectivity index (χ2n) is 3.87. The highest BCUT2D eigenvalue weighted by atomic mass is 16.5. The van der Waals surface area contributed by atoms with Crippen LogP contribution in [0.2, 0.25) is 0 Å². The van der Waals surface area contributed by atoms with Gasteiger partial charge in [0.2, 0.25) is 5.88 Å². The van der Waals surface area contributed by atoms with Crippen LogP contribution in [0.25, 0.3) is 0 Å². The van der Waals surface area contributed by atoms with Crippen LogP contribution in [0.4, 0.5) is 0 Å². The first kappa shape index (κ1) is 13.0. The second-order valence-corrected chi connectivity index (χ2v) is 3.87. The summed E-state index contributed by atoms with van der Waals surface area (Å²) in [6.07, 6.45) is 1.08. The van der Waals surface area contributed by atoms with Crippen molar-refractivity contribution in [3.05, 3.63) is 11.3 Å². The molecule has 0 aliphatic heterocycles. The maximum absolute atomic E-state index is 5.79. The predicted molar refractivity (Wildman–Crippen MR) is 64.6 cm³/mol. The van der Waals surface area contributed by atoms with Crippen LogP contribution in [0, 0.1) is 6.92 Å². The quantitative estimate of drug-likeness (QED) is 0.751. The fourth-order valence-electron chi connectivity index (χ4n) is 1.92. The Hall–Kier alpha value is -1.07. The molecule has 0 fully saturated rings. The smallest absolute Gasteiger partial charge is 0.216 e. The number of nitrogens with zero attached hydrogens (tertiary/aromatic N) is 2.